The van der Waals surface area contributed by atoms with E-state index < -0.39 is 0 Å². The van der Waals surface area contributed by atoms with Crippen LogP contribution in [0, 0.1) is 0 Å². The highest BCUT2D eigenvalue weighted by Gasteiger charge is 2.05. The van der Waals surface area contributed by atoms with E-state index in [-0.39, 0.29) is 12.1 Å². The van der Waals surface area contributed by atoms with Crippen LogP contribution in [-0.2, 0) is 0 Å². The number of hydrogen-bond donors (Lipinski definition) is 3. The molecule has 0 spiro atoms. The molecular formula is C6H13N3OS. The monoisotopic (exact) mass is 175 g/mol. The van der Waals surface area contributed by atoms with Crippen molar-refractivity contribution in [2.45, 2.75) is 19.4 Å². The molecule has 1 unspecified atom stereocenters. The maximum Gasteiger partial charge on any atom is 0.314 e. The summed E-state index contributed by atoms with van der Waals surface area (Å²) in [6.07, 6.45) is 0.531. The number of carbonyl (C=O) groups excluding carboxylic acids is 1. The van der Waals surface area contributed by atoms with E-state index in [9.17, 15) is 4.79 Å². The van der Waals surface area contributed by atoms with Crippen molar-refractivity contribution in [3.05, 3.63) is 0 Å². The SMILES string of the molecule is CNC(=O)NC(C)CC(N)=S. The van der Waals surface area contributed by atoms with Gasteiger partial charge in [0.05, 0.1) is 4.99 Å². The first-order valence-electron chi connectivity index (χ1n) is 3.32. The zero-order chi connectivity index (χ0) is 8.85. The molecule has 0 saturated heterocycles. The number of amides is 2. The molecule has 0 aromatic carbocycles. The van der Waals surface area contributed by atoms with E-state index in [0.717, 1.165) is 0 Å². The molecule has 64 valence electrons. The predicted molar refractivity (Wildman–Crippen MR) is 48.5 cm³/mol. The lowest BCUT2D eigenvalue weighted by Gasteiger charge is -2.11. The Kier molecular flexibility index (Phi) is 4.52. The zero-order valence-electron chi connectivity index (χ0n) is 6.68. The average molecular weight is 175 g/mol. The van der Waals surface area contributed by atoms with Gasteiger partial charge in [-0.15, -0.1) is 0 Å². The van der Waals surface area contributed by atoms with Crippen LogP contribution in [0.25, 0.3) is 0 Å². The van der Waals surface area contributed by atoms with Crippen molar-refractivity contribution < 1.29 is 4.79 Å². The Labute approximate surface area is 71.5 Å². The normalized spacial score (nSPS) is 11.8. The summed E-state index contributed by atoms with van der Waals surface area (Å²) in [6, 6.07) is -0.221. The molecule has 0 aromatic heterocycles. The third kappa shape index (κ3) is 5.60. The Hall–Kier alpha value is -0.840. The summed E-state index contributed by atoms with van der Waals surface area (Å²) in [7, 11) is 1.56. The number of hydrogen-bond acceptors (Lipinski definition) is 2. The molecule has 0 aromatic rings. The first-order valence-corrected chi connectivity index (χ1v) is 3.73. The fourth-order valence-electron chi connectivity index (χ4n) is 0.649. The molecule has 0 fully saturated rings. The first kappa shape index (κ1) is 10.2. The highest BCUT2D eigenvalue weighted by Crippen LogP contribution is 1.89. The zero-order valence-corrected chi connectivity index (χ0v) is 7.49. The molecule has 4 nitrogen and oxygen atoms in total. The number of rotatable bonds is 3. The topological polar surface area (TPSA) is 67.2 Å². The standard InChI is InChI=1S/C6H13N3OS/c1-4(3-5(7)11)9-6(10)8-2/h4H,3H2,1-2H3,(H2,7,11)(H2,8,9,10). The molecule has 0 aliphatic heterocycles. The Bertz CT molecular complexity index is 160. The molecule has 4 N–H and O–H groups in total. The van der Waals surface area contributed by atoms with Crippen LogP contribution >= 0.6 is 12.2 Å². The van der Waals surface area contributed by atoms with Crippen LogP contribution in [0.2, 0.25) is 0 Å². The fourth-order valence-corrected chi connectivity index (χ4v) is 0.899. The summed E-state index contributed by atoms with van der Waals surface area (Å²) in [4.78, 5) is 11.1. The molecular weight excluding hydrogens is 162 g/mol. The summed E-state index contributed by atoms with van der Waals surface area (Å²) < 4.78 is 0. The first-order chi connectivity index (χ1) is 5.06. The minimum absolute atomic E-state index is 0.00699. The Morgan fingerprint density at radius 2 is 2.27 bits per heavy atom. The minimum Gasteiger partial charge on any atom is -0.393 e. The highest BCUT2D eigenvalue weighted by atomic mass is 32.1. The van der Waals surface area contributed by atoms with Gasteiger partial charge in [-0.3, -0.25) is 0 Å². The number of nitrogens with two attached hydrogens (primary N) is 1. The van der Waals surface area contributed by atoms with Gasteiger partial charge in [0.15, 0.2) is 0 Å². The third-order valence-corrected chi connectivity index (χ3v) is 1.28. The van der Waals surface area contributed by atoms with E-state index in [1.54, 1.807) is 7.05 Å². The van der Waals surface area contributed by atoms with Gasteiger partial charge in [0.1, 0.15) is 0 Å². The van der Waals surface area contributed by atoms with Gasteiger partial charge in [0.25, 0.3) is 0 Å². The number of carbonyl (C=O) groups is 1. The molecule has 5 heteroatoms. The maximum atomic E-state index is 10.7. The summed E-state index contributed by atoms with van der Waals surface area (Å²) in [5.74, 6) is 0. The van der Waals surface area contributed by atoms with Gasteiger partial charge in [-0.2, -0.15) is 0 Å². The molecule has 0 radical (unpaired) electrons. The lowest BCUT2D eigenvalue weighted by Crippen LogP contribution is -2.40. The smallest absolute Gasteiger partial charge is 0.314 e. The lowest BCUT2D eigenvalue weighted by molar-refractivity contribution is 0.240. The van der Waals surface area contributed by atoms with E-state index in [0.29, 0.717) is 11.4 Å². The maximum absolute atomic E-state index is 10.7. The van der Waals surface area contributed by atoms with Crippen molar-refractivity contribution in [2.24, 2.45) is 5.73 Å². The fraction of sp³-hybridized carbons (Fsp3) is 0.667. The van der Waals surface area contributed by atoms with E-state index in [1.807, 2.05) is 6.92 Å². The summed E-state index contributed by atoms with van der Waals surface area (Å²) in [5.41, 5.74) is 5.27. The molecule has 0 rings (SSSR count). The summed E-state index contributed by atoms with van der Waals surface area (Å²) >= 11 is 4.67. The van der Waals surface area contributed by atoms with Crippen LogP contribution in [0.1, 0.15) is 13.3 Å². The quantitative estimate of drug-likeness (QED) is 0.528. The van der Waals surface area contributed by atoms with Crippen molar-refractivity contribution in [2.75, 3.05) is 7.05 Å². The van der Waals surface area contributed by atoms with Gasteiger partial charge in [-0.05, 0) is 6.92 Å². The van der Waals surface area contributed by atoms with E-state index >= 15 is 0 Å². The Balaban J connectivity index is 3.60. The Morgan fingerprint density at radius 3 is 2.64 bits per heavy atom. The van der Waals surface area contributed by atoms with Crippen LogP contribution in [0.3, 0.4) is 0 Å². The molecule has 1 atom stereocenters. The van der Waals surface area contributed by atoms with Gasteiger partial charge in [0.2, 0.25) is 0 Å². The van der Waals surface area contributed by atoms with E-state index in [2.05, 4.69) is 22.9 Å². The van der Waals surface area contributed by atoms with Crippen LogP contribution < -0.4 is 16.4 Å². The second-order valence-corrected chi connectivity index (χ2v) is 2.82. The number of nitrogens with one attached hydrogen (secondary N) is 2. The van der Waals surface area contributed by atoms with Gasteiger partial charge in [0, 0.05) is 19.5 Å². The molecule has 2 amide bonds. The van der Waals surface area contributed by atoms with Crippen LogP contribution in [-0.4, -0.2) is 24.1 Å². The average Bonchev–Trinajstić information content (AvgIpc) is 1.85. The molecule has 0 heterocycles. The lowest BCUT2D eigenvalue weighted by atomic mass is 10.2. The Morgan fingerprint density at radius 1 is 1.73 bits per heavy atom. The van der Waals surface area contributed by atoms with Gasteiger partial charge in [-0.1, -0.05) is 12.2 Å². The van der Waals surface area contributed by atoms with Crippen molar-refractivity contribution in [1.29, 1.82) is 0 Å². The van der Waals surface area contributed by atoms with Crippen molar-refractivity contribution in [3.63, 3.8) is 0 Å². The van der Waals surface area contributed by atoms with Gasteiger partial charge >= 0.3 is 6.03 Å². The van der Waals surface area contributed by atoms with Crippen molar-refractivity contribution >= 4 is 23.2 Å². The van der Waals surface area contributed by atoms with Crippen molar-refractivity contribution in [3.8, 4) is 0 Å². The molecule has 11 heavy (non-hydrogen) atoms. The van der Waals surface area contributed by atoms with Crippen LogP contribution in [0.15, 0.2) is 0 Å². The molecule has 0 bridgehead atoms. The molecule has 0 aliphatic rings. The van der Waals surface area contributed by atoms with Gasteiger partial charge < -0.3 is 16.4 Å². The van der Waals surface area contributed by atoms with Crippen LogP contribution in [0.5, 0.6) is 0 Å². The predicted octanol–water partition coefficient (Wildman–Crippen LogP) is -0.0199. The van der Waals surface area contributed by atoms with E-state index in [4.69, 9.17) is 5.73 Å². The molecule has 0 saturated carbocycles. The number of thiocarbonyl (C=S) groups is 1. The number of urea groups is 1. The van der Waals surface area contributed by atoms with E-state index in [1.165, 1.54) is 0 Å². The molecule has 0 aliphatic carbocycles. The second kappa shape index (κ2) is 4.90. The highest BCUT2D eigenvalue weighted by molar-refractivity contribution is 7.80. The third-order valence-electron chi connectivity index (χ3n) is 1.11. The minimum atomic E-state index is -0.214. The van der Waals surface area contributed by atoms with Crippen molar-refractivity contribution in [1.82, 2.24) is 10.6 Å². The second-order valence-electron chi connectivity index (χ2n) is 2.29. The van der Waals surface area contributed by atoms with Crippen LogP contribution in [0.4, 0.5) is 4.79 Å². The summed E-state index contributed by atoms with van der Waals surface area (Å²) in [5, 5.41) is 5.08. The largest absolute Gasteiger partial charge is 0.393 e. The van der Waals surface area contributed by atoms with Gasteiger partial charge in [-0.25, -0.2) is 4.79 Å². The summed E-state index contributed by atoms with van der Waals surface area (Å²) in [6.45, 7) is 1.84.